The number of hydrogen-bond donors (Lipinski definition) is 1. The van der Waals surface area contributed by atoms with Crippen molar-refractivity contribution in [3.05, 3.63) is 23.9 Å². The summed E-state index contributed by atoms with van der Waals surface area (Å²) in [5.74, 6) is 0. The lowest BCUT2D eigenvalue weighted by Gasteiger charge is -1.96. The Bertz CT molecular complexity index is 392. The minimum absolute atomic E-state index is 1.11. The average molecular weight is 164 g/mol. The van der Waals surface area contributed by atoms with Crippen LogP contribution < -0.4 is 5.30 Å². The Labute approximate surface area is 67.2 Å². The van der Waals surface area contributed by atoms with E-state index in [-0.39, 0.29) is 0 Å². The van der Waals surface area contributed by atoms with Crippen LogP contribution in [-0.4, -0.2) is 10.2 Å². The molecule has 1 aromatic heterocycles. The predicted molar refractivity (Wildman–Crippen MR) is 50.2 cm³/mol. The number of nitrogens with one attached hydrogen (secondary N) is 1. The van der Waals surface area contributed by atoms with Gasteiger partial charge in [0.1, 0.15) is 0 Å². The van der Waals surface area contributed by atoms with Gasteiger partial charge in [-0.15, -0.1) is 9.24 Å². The maximum Gasteiger partial charge on any atom is 0.0659 e. The van der Waals surface area contributed by atoms with Gasteiger partial charge >= 0.3 is 0 Å². The number of aryl methyl sites for hydroxylation is 1. The zero-order valence-electron chi connectivity index (χ0n) is 6.26. The van der Waals surface area contributed by atoms with E-state index >= 15 is 0 Å². The molecule has 0 aliphatic heterocycles. The maximum atomic E-state index is 3.97. The number of fused-ring (bicyclic) bond motifs is 1. The van der Waals surface area contributed by atoms with Crippen molar-refractivity contribution in [1.82, 2.24) is 10.2 Å². The highest BCUT2D eigenvalue weighted by molar-refractivity contribution is 7.27. The Morgan fingerprint density at radius 3 is 3.09 bits per heavy atom. The minimum Gasteiger partial charge on any atom is -0.278 e. The van der Waals surface area contributed by atoms with Gasteiger partial charge in [0.2, 0.25) is 0 Å². The molecule has 0 saturated carbocycles. The van der Waals surface area contributed by atoms with Gasteiger partial charge in [-0.1, -0.05) is 6.07 Å². The third-order valence-electron chi connectivity index (χ3n) is 1.79. The normalized spacial score (nSPS) is 10.7. The first-order valence-electron chi connectivity index (χ1n) is 3.46. The Kier molecular flexibility index (Phi) is 1.43. The second-order valence-electron chi connectivity index (χ2n) is 2.67. The highest BCUT2D eigenvalue weighted by atomic mass is 31.0. The van der Waals surface area contributed by atoms with Gasteiger partial charge in [0.25, 0.3) is 0 Å². The monoisotopic (exact) mass is 164 g/mol. The van der Waals surface area contributed by atoms with Crippen LogP contribution in [0.5, 0.6) is 0 Å². The maximum absolute atomic E-state index is 3.97. The van der Waals surface area contributed by atoms with E-state index in [0.29, 0.717) is 0 Å². The van der Waals surface area contributed by atoms with E-state index in [1.54, 1.807) is 0 Å². The van der Waals surface area contributed by atoms with E-state index in [2.05, 4.69) is 38.5 Å². The Hall–Kier alpha value is -0.880. The smallest absolute Gasteiger partial charge is 0.0659 e. The summed E-state index contributed by atoms with van der Waals surface area (Å²) in [6.07, 6.45) is 1.86. The topological polar surface area (TPSA) is 28.7 Å². The van der Waals surface area contributed by atoms with E-state index in [9.17, 15) is 0 Å². The fourth-order valence-corrected chi connectivity index (χ4v) is 1.67. The molecule has 1 unspecified atom stereocenters. The lowest BCUT2D eigenvalue weighted by molar-refractivity contribution is 1.12. The van der Waals surface area contributed by atoms with Crippen LogP contribution in [0.25, 0.3) is 10.9 Å². The molecule has 0 aliphatic carbocycles. The van der Waals surface area contributed by atoms with Gasteiger partial charge in [-0.25, -0.2) is 0 Å². The molecule has 0 aliphatic rings. The Morgan fingerprint density at radius 2 is 2.27 bits per heavy atom. The third-order valence-corrected chi connectivity index (χ3v) is 2.12. The average Bonchev–Trinajstić information content (AvgIpc) is 2.34. The number of nitrogens with zero attached hydrogens (tertiary/aromatic N) is 1. The van der Waals surface area contributed by atoms with E-state index in [4.69, 9.17) is 0 Å². The lowest BCUT2D eigenvalue weighted by atomic mass is 10.1. The van der Waals surface area contributed by atoms with Gasteiger partial charge in [0.15, 0.2) is 0 Å². The van der Waals surface area contributed by atoms with Crippen molar-refractivity contribution in [2.24, 2.45) is 0 Å². The molecule has 56 valence electrons. The zero-order valence-corrected chi connectivity index (χ0v) is 7.41. The molecule has 3 heteroatoms. The van der Waals surface area contributed by atoms with E-state index in [0.717, 1.165) is 5.52 Å². The number of aromatic amines is 1. The zero-order chi connectivity index (χ0) is 7.84. The molecule has 1 heterocycles. The standard InChI is InChI=1S/C8H9N2P/c1-5-2-6(11)3-8-7(5)4-9-10-8/h2-4H,11H2,1H3,(H,9,10). The number of H-pyrrole nitrogens is 1. The van der Waals surface area contributed by atoms with E-state index in [1.165, 1.54) is 16.3 Å². The lowest BCUT2D eigenvalue weighted by Crippen LogP contribution is -1.90. The quantitative estimate of drug-likeness (QED) is 0.585. The third kappa shape index (κ3) is 1.04. The molecular weight excluding hydrogens is 155 g/mol. The van der Waals surface area contributed by atoms with E-state index in [1.807, 2.05) is 6.20 Å². The number of benzene rings is 1. The number of hydrogen-bond acceptors (Lipinski definition) is 1. The van der Waals surface area contributed by atoms with Gasteiger partial charge in [0, 0.05) is 5.39 Å². The molecule has 1 aromatic carbocycles. The van der Waals surface area contributed by atoms with Crippen LogP contribution in [-0.2, 0) is 0 Å². The number of aromatic nitrogens is 2. The predicted octanol–water partition coefficient (Wildman–Crippen LogP) is 1.37. The van der Waals surface area contributed by atoms with Gasteiger partial charge in [-0.2, -0.15) is 5.10 Å². The molecule has 2 aromatic rings. The fourth-order valence-electron chi connectivity index (χ4n) is 1.26. The van der Waals surface area contributed by atoms with Gasteiger partial charge < -0.3 is 0 Å². The first-order chi connectivity index (χ1) is 5.27. The number of rotatable bonds is 0. The molecule has 0 saturated heterocycles. The van der Waals surface area contributed by atoms with Crippen LogP contribution in [0.4, 0.5) is 0 Å². The summed E-state index contributed by atoms with van der Waals surface area (Å²) < 4.78 is 0. The van der Waals surface area contributed by atoms with Crippen molar-refractivity contribution in [3.63, 3.8) is 0 Å². The molecule has 1 atom stereocenters. The SMILES string of the molecule is Cc1cc(P)cc2[nH]ncc12. The molecule has 0 fully saturated rings. The summed E-state index contributed by atoms with van der Waals surface area (Å²) in [6.45, 7) is 2.09. The largest absolute Gasteiger partial charge is 0.278 e. The molecular formula is C8H9N2P. The van der Waals surface area contributed by atoms with E-state index < -0.39 is 0 Å². The van der Waals surface area contributed by atoms with Crippen molar-refractivity contribution in [2.75, 3.05) is 0 Å². The first-order valence-corrected chi connectivity index (χ1v) is 4.04. The highest BCUT2D eigenvalue weighted by Crippen LogP contribution is 2.14. The van der Waals surface area contributed by atoms with Crippen LogP contribution >= 0.6 is 9.24 Å². The molecule has 0 bridgehead atoms. The molecule has 2 rings (SSSR count). The summed E-state index contributed by atoms with van der Waals surface area (Å²) in [6, 6.07) is 4.20. The van der Waals surface area contributed by atoms with Crippen LogP contribution in [0, 0.1) is 6.92 Å². The summed E-state index contributed by atoms with van der Waals surface area (Å²) in [5.41, 5.74) is 2.37. The molecule has 1 N–H and O–H groups in total. The van der Waals surface area contributed by atoms with Crippen LogP contribution in [0.2, 0.25) is 0 Å². The molecule has 0 spiro atoms. The Morgan fingerprint density at radius 1 is 1.45 bits per heavy atom. The summed E-state index contributed by atoms with van der Waals surface area (Å²) >= 11 is 0. The van der Waals surface area contributed by atoms with Crippen molar-refractivity contribution in [1.29, 1.82) is 0 Å². The van der Waals surface area contributed by atoms with Crippen LogP contribution in [0.15, 0.2) is 18.3 Å². The molecule has 0 radical (unpaired) electrons. The highest BCUT2D eigenvalue weighted by Gasteiger charge is 1.98. The van der Waals surface area contributed by atoms with Crippen molar-refractivity contribution < 1.29 is 0 Å². The Balaban J connectivity index is 2.91. The van der Waals surface area contributed by atoms with Crippen molar-refractivity contribution in [2.45, 2.75) is 6.92 Å². The first kappa shape index (κ1) is 6.81. The summed E-state index contributed by atoms with van der Waals surface area (Å²) in [5, 5.41) is 9.31. The van der Waals surface area contributed by atoms with Gasteiger partial charge in [0.05, 0.1) is 11.7 Å². The van der Waals surface area contributed by atoms with Gasteiger partial charge in [-0.05, 0) is 23.9 Å². The fraction of sp³-hybridized carbons (Fsp3) is 0.125. The van der Waals surface area contributed by atoms with Crippen LogP contribution in [0.3, 0.4) is 0 Å². The molecule has 11 heavy (non-hydrogen) atoms. The second-order valence-corrected chi connectivity index (χ2v) is 3.34. The van der Waals surface area contributed by atoms with Gasteiger partial charge in [-0.3, -0.25) is 5.10 Å². The van der Waals surface area contributed by atoms with Crippen LogP contribution in [0.1, 0.15) is 5.56 Å². The molecule has 2 nitrogen and oxygen atoms in total. The summed E-state index contributed by atoms with van der Waals surface area (Å²) in [7, 11) is 2.68. The minimum atomic E-state index is 1.11. The molecule has 0 amide bonds. The van der Waals surface area contributed by atoms with Crippen molar-refractivity contribution in [3.8, 4) is 0 Å². The second kappa shape index (κ2) is 2.31. The summed E-state index contributed by atoms with van der Waals surface area (Å²) in [4.78, 5) is 0. The van der Waals surface area contributed by atoms with Crippen molar-refractivity contribution >= 4 is 25.4 Å².